The van der Waals surface area contributed by atoms with Crippen LogP contribution in [0.3, 0.4) is 0 Å². The predicted octanol–water partition coefficient (Wildman–Crippen LogP) is 3.77. The minimum atomic E-state index is -4.64. The zero-order valence-corrected chi connectivity index (χ0v) is 19.4. The van der Waals surface area contributed by atoms with Crippen molar-refractivity contribution < 1.29 is 26.4 Å². The molecule has 1 fully saturated rings. The molecule has 1 N–H and O–H groups in total. The quantitative estimate of drug-likeness (QED) is 0.621. The zero-order chi connectivity index (χ0) is 24.2. The van der Waals surface area contributed by atoms with Crippen molar-refractivity contribution in [1.82, 2.24) is 10.2 Å². The van der Waals surface area contributed by atoms with Crippen molar-refractivity contribution in [1.29, 1.82) is 0 Å². The number of carbonyl (C=O) groups is 1. The molecule has 3 rings (SSSR count). The summed E-state index contributed by atoms with van der Waals surface area (Å²) in [5.74, 6) is -0.603. The predicted molar refractivity (Wildman–Crippen MR) is 121 cm³/mol. The molecule has 2 aromatic rings. The fourth-order valence-electron chi connectivity index (χ4n) is 4.02. The summed E-state index contributed by atoms with van der Waals surface area (Å²) >= 11 is 0. The Labute approximate surface area is 192 Å². The largest absolute Gasteiger partial charge is 0.416 e. The first-order chi connectivity index (χ1) is 15.5. The van der Waals surface area contributed by atoms with Crippen LogP contribution in [0.25, 0.3) is 0 Å². The molecule has 0 aliphatic carbocycles. The number of sulfonamides is 1. The highest BCUT2D eigenvalue weighted by Crippen LogP contribution is 2.32. The van der Waals surface area contributed by atoms with Crippen LogP contribution in [0.15, 0.2) is 48.5 Å². The minimum Gasteiger partial charge on any atom is -0.350 e. The van der Waals surface area contributed by atoms with E-state index in [0.29, 0.717) is 4.31 Å². The van der Waals surface area contributed by atoms with Crippen LogP contribution in [0.4, 0.5) is 18.9 Å². The maximum atomic E-state index is 13.1. The molecule has 10 heteroatoms. The highest BCUT2D eigenvalue weighted by molar-refractivity contribution is 7.92. The SMILES string of the molecule is C[C@@H](C(=O)NCc1ccccc1CN1CCCC1)N(c1cccc(C(F)(F)F)c1)S(C)(=O)=O. The molecule has 1 heterocycles. The monoisotopic (exact) mass is 483 g/mol. The number of nitrogens with zero attached hydrogens (tertiary/aromatic N) is 2. The summed E-state index contributed by atoms with van der Waals surface area (Å²) in [6.07, 6.45) is -1.45. The van der Waals surface area contributed by atoms with Crippen LogP contribution in [0, 0.1) is 0 Å². The van der Waals surface area contributed by atoms with Gasteiger partial charge in [0.1, 0.15) is 6.04 Å². The normalized spacial score (nSPS) is 15.9. The van der Waals surface area contributed by atoms with Crippen molar-refractivity contribution in [2.24, 2.45) is 0 Å². The standard InChI is InChI=1S/C23H28F3N3O3S/c1-17(29(33(2,31)32)21-11-7-10-20(14-21)23(24,25)26)22(30)27-15-18-8-3-4-9-19(18)16-28-12-5-6-13-28/h3-4,7-11,14,17H,5-6,12-13,15-16H2,1-2H3,(H,27,30)/t17-/m0/s1. The molecule has 0 radical (unpaired) electrons. The van der Waals surface area contributed by atoms with Gasteiger partial charge in [-0.1, -0.05) is 30.3 Å². The van der Waals surface area contributed by atoms with E-state index in [0.717, 1.165) is 68.1 Å². The first kappa shape index (κ1) is 25.0. The van der Waals surface area contributed by atoms with Crippen LogP contribution in [-0.2, 0) is 34.1 Å². The van der Waals surface area contributed by atoms with E-state index in [-0.39, 0.29) is 12.2 Å². The zero-order valence-electron chi connectivity index (χ0n) is 18.6. The molecule has 1 amide bonds. The first-order valence-corrected chi connectivity index (χ1v) is 12.5. The third kappa shape index (κ3) is 6.48. The Bertz CT molecular complexity index is 1080. The van der Waals surface area contributed by atoms with Gasteiger partial charge in [0.25, 0.3) is 0 Å². The number of rotatable bonds is 8. The van der Waals surface area contributed by atoms with Crippen LogP contribution in [0.5, 0.6) is 0 Å². The second-order valence-corrected chi connectivity index (χ2v) is 10.1. The topological polar surface area (TPSA) is 69.7 Å². The third-order valence-electron chi connectivity index (χ3n) is 5.68. The van der Waals surface area contributed by atoms with Crippen molar-refractivity contribution in [2.45, 2.75) is 45.1 Å². The smallest absolute Gasteiger partial charge is 0.350 e. The Morgan fingerprint density at radius 3 is 2.33 bits per heavy atom. The molecule has 0 saturated carbocycles. The number of anilines is 1. The summed E-state index contributed by atoms with van der Waals surface area (Å²) in [6.45, 7) is 4.36. The Morgan fingerprint density at radius 1 is 1.09 bits per heavy atom. The number of amides is 1. The molecule has 33 heavy (non-hydrogen) atoms. The maximum absolute atomic E-state index is 13.1. The lowest BCUT2D eigenvalue weighted by Gasteiger charge is -2.29. The van der Waals surface area contributed by atoms with Crippen molar-refractivity contribution >= 4 is 21.6 Å². The molecule has 0 aromatic heterocycles. The van der Waals surface area contributed by atoms with Crippen molar-refractivity contribution in [3.8, 4) is 0 Å². The number of alkyl halides is 3. The van der Waals surface area contributed by atoms with Crippen LogP contribution >= 0.6 is 0 Å². The van der Waals surface area contributed by atoms with Gasteiger partial charge < -0.3 is 5.32 Å². The van der Waals surface area contributed by atoms with Crippen molar-refractivity contribution in [3.63, 3.8) is 0 Å². The van der Waals surface area contributed by atoms with Gasteiger partial charge in [0.2, 0.25) is 15.9 Å². The molecule has 1 atom stereocenters. The Hall–Kier alpha value is -2.59. The number of benzene rings is 2. The lowest BCUT2D eigenvalue weighted by atomic mass is 10.1. The molecule has 6 nitrogen and oxygen atoms in total. The molecule has 180 valence electrons. The minimum absolute atomic E-state index is 0.188. The molecule has 1 aliphatic rings. The van der Waals surface area contributed by atoms with E-state index in [2.05, 4.69) is 10.2 Å². The van der Waals surface area contributed by atoms with Crippen LogP contribution < -0.4 is 9.62 Å². The van der Waals surface area contributed by atoms with Gasteiger partial charge >= 0.3 is 6.18 Å². The van der Waals surface area contributed by atoms with Gasteiger partial charge in [-0.05, 0) is 62.2 Å². The lowest BCUT2D eigenvalue weighted by molar-refractivity contribution is -0.137. The van der Waals surface area contributed by atoms with Crippen LogP contribution in [-0.4, -0.2) is 44.6 Å². The van der Waals surface area contributed by atoms with Gasteiger partial charge in [0.05, 0.1) is 17.5 Å². The first-order valence-electron chi connectivity index (χ1n) is 10.7. The van der Waals surface area contributed by atoms with E-state index < -0.39 is 33.7 Å². The van der Waals surface area contributed by atoms with Gasteiger partial charge in [-0.2, -0.15) is 13.2 Å². The number of carbonyl (C=O) groups excluding carboxylic acids is 1. The summed E-state index contributed by atoms with van der Waals surface area (Å²) in [7, 11) is -4.03. The molecule has 1 aliphatic heterocycles. The number of likely N-dealkylation sites (tertiary alicyclic amines) is 1. The average molecular weight is 484 g/mol. The molecular weight excluding hydrogens is 455 g/mol. The van der Waals surface area contributed by atoms with E-state index in [1.54, 1.807) is 0 Å². The van der Waals surface area contributed by atoms with Crippen molar-refractivity contribution in [3.05, 3.63) is 65.2 Å². The molecule has 1 saturated heterocycles. The Kier molecular flexibility index (Phi) is 7.69. The van der Waals surface area contributed by atoms with E-state index in [4.69, 9.17) is 0 Å². The van der Waals surface area contributed by atoms with Gasteiger partial charge in [0, 0.05) is 13.1 Å². The number of hydrogen-bond acceptors (Lipinski definition) is 4. The summed E-state index contributed by atoms with van der Waals surface area (Å²) in [5.41, 5.74) is 0.779. The molecule has 0 bridgehead atoms. The van der Waals surface area contributed by atoms with Gasteiger partial charge in [0.15, 0.2) is 0 Å². The summed E-state index contributed by atoms with van der Waals surface area (Å²) < 4.78 is 64.9. The number of nitrogens with one attached hydrogen (secondary N) is 1. The number of halogens is 3. The molecule has 0 spiro atoms. The highest BCUT2D eigenvalue weighted by atomic mass is 32.2. The lowest BCUT2D eigenvalue weighted by Crippen LogP contribution is -2.47. The second-order valence-electron chi connectivity index (χ2n) is 8.25. The van der Waals surface area contributed by atoms with E-state index in [1.807, 2.05) is 24.3 Å². The summed E-state index contributed by atoms with van der Waals surface area (Å²) in [6, 6.07) is 10.4. The van der Waals surface area contributed by atoms with Crippen molar-refractivity contribution in [2.75, 3.05) is 23.7 Å². The van der Waals surface area contributed by atoms with E-state index in [9.17, 15) is 26.4 Å². The Balaban J connectivity index is 1.76. The van der Waals surface area contributed by atoms with Gasteiger partial charge in [-0.3, -0.25) is 14.0 Å². The highest BCUT2D eigenvalue weighted by Gasteiger charge is 2.34. The van der Waals surface area contributed by atoms with Gasteiger partial charge in [-0.25, -0.2) is 8.42 Å². The fourth-order valence-corrected chi connectivity index (χ4v) is 5.19. The third-order valence-corrected chi connectivity index (χ3v) is 6.92. The molecule has 0 unspecified atom stereocenters. The van der Waals surface area contributed by atoms with E-state index >= 15 is 0 Å². The molecular formula is C23H28F3N3O3S. The summed E-state index contributed by atoms with van der Waals surface area (Å²) in [4.78, 5) is 15.2. The summed E-state index contributed by atoms with van der Waals surface area (Å²) in [5, 5.41) is 2.75. The van der Waals surface area contributed by atoms with Crippen LogP contribution in [0.2, 0.25) is 0 Å². The fraction of sp³-hybridized carbons (Fsp3) is 0.435. The second kappa shape index (κ2) is 10.1. The maximum Gasteiger partial charge on any atom is 0.416 e. The average Bonchev–Trinajstić information content (AvgIpc) is 3.24. The van der Waals surface area contributed by atoms with E-state index in [1.165, 1.54) is 13.0 Å². The Morgan fingerprint density at radius 2 is 1.73 bits per heavy atom. The molecule has 2 aromatic carbocycles. The number of hydrogen-bond donors (Lipinski definition) is 1. The van der Waals surface area contributed by atoms with Gasteiger partial charge in [-0.15, -0.1) is 0 Å². The van der Waals surface area contributed by atoms with Crippen LogP contribution in [0.1, 0.15) is 36.5 Å².